The number of carbonyl (C=O) groups is 1. The lowest BCUT2D eigenvalue weighted by Gasteiger charge is -2.31. The second-order valence-electron chi connectivity index (χ2n) is 7.86. The summed E-state index contributed by atoms with van der Waals surface area (Å²) in [6.07, 6.45) is 4.58. The number of rotatable bonds is 2. The smallest absolute Gasteiger partial charge is 0.337 e. The standard InChI is InChI=1S/C23H21NO5/c1-26-17-8-13(9-18-22(17)29-11-28-18)19-15-7-6-12-4-2-3-5-14(12)21(15)24-16-10-27-23(25)20(16)19/h6-9,19,24H,2-5,10-11H2,1H3/t19-/m0/s1. The number of hydrogen-bond acceptors (Lipinski definition) is 6. The number of anilines is 1. The van der Waals surface area contributed by atoms with Gasteiger partial charge in [-0.2, -0.15) is 0 Å². The second-order valence-corrected chi connectivity index (χ2v) is 7.86. The van der Waals surface area contributed by atoms with E-state index in [0.717, 1.165) is 35.4 Å². The topological polar surface area (TPSA) is 66.0 Å². The van der Waals surface area contributed by atoms with Crippen molar-refractivity contribution < 1.29 is 23.7 Å². The van der Waals surface area contributed by atoms with Gasteiger partial charge >= 0.3 is 5.97 Å². The van der Waals surface area contributed by atoms with E-state index in [-0.39, 0.29) is 25.3 Å². The minimum Gasteiger partial charge on any atom is -0.493 e. The molecule has 0 bridgehead atoms. The van der Waals surface area contributed by atoms with Gasteiger partial charge in [-0.25, -0.2) is 4.79 Å². The van der Waals surface area contributed by atoms with E-state index in [1.165, 1.54) is 24.0 Å². The highest BCUT2D eigenvalue weighted by Crippen LogP contribution is 2.50. The summed E-state index contributed by atoms with van der Waals surface area (Å²) < 4.78 is 22.2. The highest BCUT2D eigenvalue weighted by Gasteiger charge is 2.40. The van der Waals surface area contributed by atoms with Crippen molar-refractivity contribution in [3.63, 3.8) is 0 Å². The Bertz CT molecular complexity index is 1090. The average molecular weight is 391 g/mol. The van der Waals surface area contributed by atoms with E-state index in [1.807, 2.05) is 12.1 Å². The number of fused-ring (bicyclic) bond motifs is 4. The molecule has 6 nitrogen and oxygen atoms in total. The van der Waals surface area contributed by atoms with Crippen LogP contribution in [0.4, 0.5) is 5.69 Å². The number of hydrogen-bond donors (Lipinski definition) is 1. The number of nitrogens with one attached hydrogen (secondary N) is 1. The van der Waals surface area contributed by atoms with Gasteiger partial charge in [0.15, 0.2) is 11.5 Å². The largest absolute Gasteiger partial charge is 0.493 e. The predicted octanol–water partition coefficient (Wildman–Crippen LogP) is 3.67. The van der Waals surface area contributed by atoms with Crippen molar-refractivity contribution in [1.82, 2.24) is 0 Å². The molecule has 2 aromatic carbocycles. The van der Waals surface area contributed by atoms with Crippen LogP contribution in [0.3, 0.4) is 0 Å². The van der Waals surface area contributed by atoms with Crippen LogP contribution in [0.25, 0.3) is 0 Å². The van der Waals surface area contributed by atoms with Crippen LogP contribution in [0.2, 0.25) is 0 Å². The first-order valence-electron chi connectivity index (χ1n) is 10.0. The van der Waals surface area contributed by atoms with Crippen molar-refractivity contribution in [3.8, 4) is 17.2 Å². The van der Waals surface area contributed by atoms with Crippen molar-refractivity contribution >= 4 is 11.7 Å². The number of benzene rings is 2. The number of cyclic esters (lactones) is 1. The molecule has 2 aromatic rings. The summed E-state index contributed by atoms with van der Waals surface area (Å²) >= 11 is 0. The molecule has 0 saturated carbocycles. The molecule has 1 aliphatic carbocycles. The lowest BCUT2D eigenvalue weighted by molar-refractivity contribution is -0.136. The van der Waals surface area contributed by atoms with Crippen LogP contribution in [0, 0.1) is 0 Å². The summed E-state index contributed by atoms with van der Waals surface area (Å²) in [6, 6.07) is 8.28. The van der Waals surface area contributed by atoms with Crippen LogP contribution in [-0.2, 0) is 22.4 Å². The number of methoxy groups -OCH3 is 1. The van der Waals surface area contributed by atoms with Crippen LogP contribution in [0.15, 0.2) is 35.5 Å². The lowest BCUT2D eigenvalue weighted by Crippen LogP contribution is -2.22. The maximum Gasteiger partial charge on any atom is 0.337 e. The van der Waals surface area contributed by atoms with Gasteiger partial charge in [-0.15, -0.1) is 0 Å². The molecule has 1 N–H and O–H groups in total. The number of carbonyl (C=O) groups excluding carboxylic acids is 1. The van der Waals surface area contributed by atoms with Crippen molar-refractivity contribution in [1.29, 1.82) is 0 Å². The molecule has 0 saturated heterocycles. The Morgan fingerprint density at radius 1 is 1.10 bits per heavy atom. The van der Waals surface area contributed by atoms with Gasteiger partial charge in [0.25, 0.3) is 0 Å². The van der Waals surface area contributed by atoms with Crippen LogP contribution >= 0.6 is 0 Å². The van der Waals surface area contributed by atoms with Gasteiger partial charge in [-0.3, -0.25) is 0 Å². The Kier molecular flexibility index (Phi) is 3.57. The zero-order valence-corrected chi connectivity index (χ0v) is 16.2. The van der Waals surface area contributed by atoms with E-state index in [4.69, 9.17) is 18.9 Å². The van der Waals surface area contributed by atoms with E-state index in [2.05, 4.69) is 17.4 Å². The van der Waals surface area contributed by atoms with Crippen LogP contribution in [0.1, 0.15) is 41.0 Å². The summed E-state index contributed by atoms with van der Waals surface area (Å²) in [4.78, 5) is 12.7. The zero-order chi connectivity index (χ0) is 19.5. The third-order valence-electron chi connectivity index (χ3n) is 6.35. The molecule has 4 aliphatic rings. The first-order valence-corrected chi connectivity index (χ1v) is 10.0. The molecule has 29 heavy (non-hydrogen) atoms. The van der Waals surface area contributed by atoms with Gasteiger partial charge in [-0.05, 0) is 60.1 Å². The Hall–Kier alpha value is -3.15. The summed E-state index contributed by atoms with van der Waals surface area (Å²) in [5.74, 6) is 1.37. The van der Waals surface area contributed by atoms with Crippen molar-refractivity contribution in [2.45, 2.75) is 31.6 Å². The maximum atomic E-state index is 12.7. The summed E-state index contributed by atoms with van der Waals surface area (Å²) in [7, 11) is 1.61. The second kappa shape index (κ2) is 6.17. The molecule has 0 aromatic heterocycles. The molecule has 148 valence electrons. The van der Waals surface area contributed by atoms with E-state index >= 15 is 0 Å². The Morgan fingerprint density at radius 2 is 2.00 bits per heavy atom. The minimum absolute atomic E-state index is 0.168. The number of ether oxygens (including phenoxy) is 4. The monoisotopic (exact) mass is 391 g/mol. The SMILES string of the molecule is COc1cc([C@@H]2C3=C(COC3=O)Nc3c2ccc2c3CCCC2)cc2c1OCO2. The fourth-order valence-corrected chi connectivity index (χ4v) is 5.02. The molecule has 0 amide bonds. The average Bonchev–Trinajstić information content (AvgIpc) is 3.38. The van der Waals surface area contributed by atoms with E-state index in [9.17, 15) is 4.79 Å². The van der Waals surface area contributed by atoms with Gasteiger partial charge in [0.2, 0.25) is 12.5 Å². The quantitative estimate of drug-likeness (QED) is 0.788. The summed E-state index contributed by atoms with van der Waals surface area (Å²) in [5, 5.41) is 3.54. The molecule has 3 heterocycles. The van der Waals surface area contributed by atoms with E-state index < -0.39 is 0 Å². The van der Waals surface area contributed by atoms with Gasteiger partial charge in [0.05, 0.1) is 18.4 Å². The Labute approximate surface area is 168 Å². The fourth-order valence-electron chi connectivity index (χ4n) is 5.02. The van der Waals surface area contributed by atoms with Crippen LogP contribution in [0.5, 0.6) is 17.2 Å². The molecule has 1 atom stereocenters. The molecule has 0 unspecified atom stereocenters. The minimum atomic E-state index is -0.266. The van der Waals surface area contributed by atoms with Gasteiger partial charge < -0.3 is 24.3 Å². The predicted molar refractivity (Wildman–Crippen MR) is 106 cm³/mol. The molecule has 6 heteroatoms. The third-order valence-corrected chi connectivity index (χ3v) is 6.35. The Balaban J connectivity index is 1.58. The summed E-state index contributed by atoms with van der Waals surface area (Å²) in [5.41, 5.74) is 7.49. The van der Waals surface area contributed by atoms with Crippen LogP contribution in [-0.4, -0.2) is 26.5 Å². The van der Waals surface area contributed by atoms with Gasteiger partial charge in [0, 0.05) is 11.6 Å². The van der Waals surface area contributed by atoms with E-state index in [1.54, 1.807) is 7.11 Å². The molecule has 0 radical (unpaired) electrons. The first-order chi connectivity index (χ1) is 14.2. The molecule has 3 aliphatic heterocycles. The zero-order valence-electron chi connectivity index (χ0n) is 16.2. The molecule has 0 spiro atoms. The normalized spacial score (nSPS) is 21.1. The fraction of sp³-hybridized carbons (Fsp3) is 0.348. The third kappa shape index (κ3) is 2.38. The highest BCUT2D eigenvalue weighted by atomic mass is 16.7. The number of esters is 1. The summed E-state index contributed by atoms with van der Waals surface area (Å²) in [6.45, 7) is 0.455. The van der Waals surface area contributed by atoms with E-state index in [0.29, 0.717) is 22.8 Å². The van der Waals surface area contributed by atoms with Gasteiger partial charge in [0.1, 0.15) is 6.61 Å². The molecule has 6 rings (SSSR count). The molecular weight excluding hydrogens is 370 g/mol. The van der Waals surface area contributed by atoms with Gasteiger partial charge in [-0.1, -0.05) is 12.1 Å². The molecule has 0 fully saturated rings. The highest BCUT2D eigenvalue weighted by molar-refractivity contribution is 5.97. The van der Waals surface area contributed by atoms with Crippen molar-refractivity contribution in [2.24, 2.45) is 0 Å². The molecular formula is C23H21NO5. The first kappa shape index (κ1) is 16.8. The van der Waals surface area contributed by atoms with Crippen LogP contribution < -0.4 is 19.5 Å². The Morgan fingerprint density at radius 3 is 2.90 bits per heavy atom. The van der Waals surface area contributed by atoms with Crippen molar-refractivity contribution in [3.05, 3.63) is 57.8 Å². The van der Waals surface area contributed by atoms with Crippen molar-refractivity contribution in [2.75, 3.05) is 25.8 Å². The lowest BCUT2D eigenvalue weighted by atomic mass is 9.77. The maximum absolute atomic E-state index is 12.7. The number of aryl methyl sites for hydroxylation is 1.